The number of hydrogen-bond donors (Lipinski definition) is 2. The number of rotatable bonds is 11. The van der Waals surface area contributed by atoms with E-state index in [2.05, 4.69) is 15.8 Å². The molecule has 3 amide bonds. The van der Waals surface area contributed by atoms with Gasteiger partial charge in [-0.2, -0.15) is 0 Å². The molecule has 3 atom stereocenters. The second kappa shape index (κ2) is 13.1. The third kappa shape index (κ3) is 7.67. The largest absolute Gasteiger partial charge is 0.351 e. The second-order valence-electron chi connectivity index (χ2n) is 9.69. The van der Waals surface area contributed by atoms with Crippen molar-refractivity contribution < 1.29 is 18.9 Å². The molecule has 1 saturated carbocycles. The van der Waals surface area contributed by atoms with Crippen molar-refractivity contribution in [2.24, 2.45) is 11.8 Å². The van der Waals surface area contributed by atoms with E-state index in [9.17, 15) is 14.4 Å². The Labute approximate surface area is 207 Å². The molecule has 1 aromatic heterocycles. The van der Waals surface area contributed by atoms with E-state index in [-0.39, 0.29) is 23.5 Å². The molecule has 35 heavy (non-hydrogen) atoms. The normalized spacial score (nSPS) is 16.7. The molecule has 0 spiro atoms. The zero-order valence-corrected chi connectivity index (χ0v) is 21.0. The van der Waals surface area contributed by atoms with E-state index in [0.29, 0.717) is 18.9 Å². The first kappa shape index (κ1) is 26.4. The van der Waals surface area contributed by atoms with Gasteiger partial charge in [0.2, 0.25) is 17.6 Å². The zero-order chi connectivity index (χ0) is 25.2. The van der Waals surface area contributed by atoms with Crippen LogP contribution in [-0.2, 0) is 16.1 Å². The quantitative estimate of drug-likeness (QED) is 0.505. The Bertz CT molecular complexity index is 941. The van der Waals surface area contributed by atoms with E-state index < -0.39 is 18.0 Å². The van der Waals surface area contributed by atoms with Crippen LogP contribution in [0.15, 0.2) is 47.1 Å². The molecule has 3 rings (SSSR count). The molecular weight excluding hydrogens is 444 g/mol. The van der Waals surface area contributed by atoms with Crippen LogP contribution in [0.4, 0.5) is 0 Å². The Morgan fingerprint density at radius 3 is 2.43 bits per heavy atom. The first-order valence-corrected chi connectivity index (χ1v) is 12.7. The molecule has 2 aromatic rings. The van der Waals surface area contributed by atoms with E-state index in [1.54, 1.807) is 11.9 Å². The maximum atomic E-state index is 13.5. The number of benzene rings is 1. The van der Waals surface area contributed by atoms with Crippen molar-refractivity contribution in [3.63, 3.8) is 0 Å². The van der Waals surface area contributed by atoms with Crippen LogP contribution in [0.3, 0.4) is 0 Å². The van der Waals surface area contributed by atoms with Gasteiger partial charge in [-0.3, -0.25) is 14.4 Å². The minimum absolute atomic E-state index is 0.0589. The molecule has 0 saturated heterocycles. The second-order valence-corrected chi connectivity index (χ2v) is 9.69. The lowest BCUT2D eigenvalue weighted by Gasteiger charge is -2.31. The topological polar surface area (TPSA) is 105 Å². The van der Waals surface area contributed by atoms with Crippen molar-refractivity contribution in [2.75, 3.05) is 7.05 Å². The summed E-state index contributed by atoms with van der Waals surface area (Å²) in [6.07, 6.45) is 8.20. The molecular formula is C27H38N4O4. The highest BCUT2D eigenvalue weighted by Gasteiger charge is 2.33. The monoisotopic (exact) mass is 482 g/mol. The number of likely N-dealkylation sites (N-methyl/N-ethyl adjacent to an activating group) is 1. The molecule has 8 nitrogen and oxygen atoms in total. The van der Waals surface area contributed by atoms with Gasteiger partial charge in [0.1, 0.15) is 12.1 Å². The summed E-state index contributed by atoms with van der Waals surface area (Å²) in [5, 5.41) is 9.39. The van der Waals surface area contributed by atoms with Gasteiger partial charge in [-0.05, 0) is 23.8 Å². The van der Waals surface area contributed by atoms with Crippen molar-refractivity contribution in [3.05, 3.63) is 53.9 Å². The van der Waals surface area contributed by atoms with E-state index in [1.807, 2.05) is 44.2 Å². The fourth-order valence-electron chi connectivity index (χ4n) is 4.66. The first-order chi connectivity index (χ1) is 16.9. The Balaban J connectivity index is 1.73. The molecule has 190 valence electrons. The van der Waals surface area contributed by atoms with Crippen LogP contribution >= 0.6 is 0 Å². The van der Waals surface area contributed by atoms with Crippen molar-refractivity contribution in [1.82, 2.24) is 20.7 Å². The first-order valence-electron chi connectivity index (χ1n) is 12.7. The van der Waals surface area contributed by atoms with Gasteiger partial charge < -0.3 is 20.1 Å². The molecule has 1 aliphatic rings. The van der Waals surface area contributed by atoms with Crippen molar-refractivity contribution >= 4 is 17.7 Å². The lowest BCUT2D eigenvalue weighted by Crippen LogP contribution is -2.56. The summed E-state index contributed by atoms with van der Waals surface area (Å²) in [5.41, 5.74) is 1.02. The summed E-state index contributed by atoms with van der Waals surface area (Å²) in [6, 6.07) is 9.79. The van der Waals surface area contributed by atoms with Crippen molar-refractivity contribution in [1.29, 1.82) is 0 Å². The Morgan fingerprint density at radius 1 is 1.09 bits per heavy atom. The van der Waals surface area contributed by atoms with Crippen LogP contribution < -0.4 is 10.6 Å². The fourth-order valence-corrected chi connectivity index (χ4v) is 4.66. The Kier molecular flexibility index (Phi) is 9.87. The summed E-state index contributed by atoms with van der Waals surface area (Å²) >= 11 is 0. The molecule has 0 unspecified atom stereocenters. The minimum atomic E-state index is -0.755. The van der Waals surface area contributed by atoms with Crippen LogP contribution in [0, 0.1) is 11.8 Å². The van der Waals surface area contributed by atoms with Gasteiger partial charge in [0.15, 0.2) is 0 Å². The van der Waals surface area contributed by atoms with Gasteiger partial charge in [-0.15, -0.1) is 0 Å². The maximum Gasteiger partial charge on any atom is 0.290 e. The fraction of sp³-hybridized carbons (Fsp3) is 0.556. The maximum absolute atomic E-state index is 13.5. The molecule has 1 fully saturated rings. The van der Waals surface area contributed by atoms with Crippen LogP contribution in [0.25, 0.3) is 0 Å². The average molecular weight is 483 g/mol. The number of carbonyl (C=O) groups excluding carboxylic acids is 3. The zero-order valence-electron chi connectivity index (χ0n) is 21.0. The SMILES string of the molecule is CC[C@H](C)[C@H](NC(=O)[C@H](CC1CCCCC1)NC(=O)c1ccno1)C(=O)N(C)Cc1ccccc1. The lowest BCUT2D eigenvalue weighted by molar-refractivity contribution is -0.137. The third-order valence-electron chi connectivity index (χ3n) is 6.99. The van der Waals surface area contributed by atoms with Crippen LogP contribution in [0.1, 0.15) is 74.9 Å². The van der Waals surface area contributed by atoms with E-state index in [4.69, 9.17) is 4.52 Å². The summed E-state index contributed by atoms with van der Waals surface area (Å²) in [6.45, 7) is 4.41. The van der Waals surface area contributed by atoms with Gasteiger partial charge in [0, 0.05) is 19.7 Å². The van der Waals surface area contributed by atoms with E-state index in [1.165, 1.54) is 18.7 Å². The molecule has 0 radical (unpaired) electrons. The summed E-state index contributed by atoms with van der Waals surface area (Å²) in [7, 11) is 1.75. The number of aromatic nitrogens is 1. The highest BCUT2D eigenvalue weighted by atomic mass is 16.5. The summed E-state index contributed by atoms with van der Waals surface area (Å²) in [5.74, 6) is -0.614. The van der Waals surface area contributed by atoms with Gasteiger partial charge in [-0.25, -0.2) is 0 Å². The van der Waals surface area contributed by atoms with Gasteiger partial charge in [0.05, 0.1) is 6.20 Å². The number of amides is 3. The van der Waals surface area contributed by atoms with Crippen LogP contribution in [0.2, 0.25) is 0 Å². The third-order valence-corrected chi connectivity index (χ3v) is 6.99. The molecule has 0 aliphatic heterocycles. The number of carbonyl (C=O) groups is 3. The van der Waals surface area contributed by atoms with E-state index >= 15 is 0 Å². The van der Waals surface area contributed by atoms with Crippen LogP contribution in [-0.4, -0.2) is 46.9 Å². The number of hydrogen-bond acceptors (Lipinski definition) is 5. The average Bonchev–Trinajstić information content (AvgIpc) is 3.42. The molecule has 1 heterocycles. The molecule has 0 bridgehead atoms. The summed E-state index contributed by atoms with van der Waals surface area (Å²) < 4.78 is 4.97. The predicted molar refractivity (Wildman–Crippen MR) is 133 cm³/mol. The van der Waals surface area contributed by atoms with Crippen molar-refractivity contribution in [3.8, 4) is 0 Å². The lowest BCUT2D eigenvalue weighted by atomic mass is 9.84. The van der Waals surface area contributed by atoms with Gasteiger partial charge in [0.25, 0.3) is 5.91 Å². The standard InChI is InChI=1S/C27H38N4O4/c1-4-19(2)24(27(34)31(3)18-21-13-9-6-10-14-21)30-25(32)22(17-20-11-7-5-8-12-20)29-26(33)23-15-16-28-35-23/h6,9-10,13-16,19-20,22,24H,4-5,7-8,11-12,17-18H2,1-3H3,(H,29,33)(H,30,32)/t19-,22-,24-/m0/s1. The van der Waals surface area contributed by atoms with Crippen LogP contribution in [0.5, 0.6) is 0 Å². The van der Waals surface area contributed by atoms with Gasteiger partial charge >= 0.3 is 0 Å². The predicted octanol–water partition coefficient (Wildman–Crippen LogP) is 3.93. The summed E-state index contributed by atoms with van der Waals surface area (Å²) in [4.78, 5) is 41.2. The molecule has 2 N–H and O–H groups in total. The number of nitrogens with zero attached hydrogens (tertiary/aromatic N) is 2. The minimum Gasteiger partial charge on any atom is -0.351 e. The molecule has 1 aromatic carbocycles. The van der Waals surface area contributed by atoms with Crippen molar-refractivity contribution in [2.45, 2.75) is 77.4 Å². The molecule has 1 aliphatic carbocycles. The highest BCUT2D eigenvalue weighted by Crippen LogP contribution is 2.27. The smallest absolute Gasteiger partial charge is 0.290 e. The molecule has 8 heteroatoms. The number of nitrogens with one attached hydrogen (secondary N) is 2. The highest BCUT2D eigenvalue weighted by molar-refractivity contribution is 5.96. The van der Waals surface area contributed by atoms with E-state index in [0.717, 1.165) is 37.7 Å². The van der Waals surface area contributed by atoms with Gasteiger partial charge in [-0.1, -0.05) is 87.9 Å². The Morgan fingerprint density at radius 2 is 1.80 bits per heavy atom. The Hall–Kier alpha value is -3.16.